The molecule has 0 atom stereocenters. The van der Waals surface area contributed by atoms with E-state index in [0.29, 0.717) is 12.6 Å². The first kappa shape index (κ1) is 14.5. The Kier molecular flexibility index (Phi) is 4.00. The van der Waals surface area contributed by atoms with E-state index in [1.807, 2.05) is 0 Å². The van der Waals surface area contributed by atoms with E-state index in [2.05, 4.69) is 55.0 Å². The lowest BCUT2D eigenvalue weighted by Crippen LogP contribution is -2.22. The molecule has 2 aromatic rings. The van der Waals surface area contributed by atoms with Crippen molar-refractivity contribution < 1.29 is 4.74 Å². The summed E-state index contributed by atoms with van der Waals surface area (Å²) in [5, 5.41) is 9.59. The predicted octanol–water partition coefficient (Wildman–Crippen LogP) is 3.10. The van der Waals surface area contributed by atoms with Gasteiger partial charge in [-0.25, -0.2) is 0 Å². The second-order valence-electron chi connectivity index (χ2n) is 6.80. The molecule has 21 heavy (non-hydrogen) atoms. The summed E-state index contributed by atoms with van der Waals surface area (Å²) < 4.78 is 7.90. The van der Waals surface area contributed by atoms with Gasteiger partial charge in [0.1, 0.15) is 0 Å². The topological polar surface area (TPSA) is 39.1 Å². The van der Waals surface area contributed by atoms with Gasteiger partial charge in [0.15, 0.2) is 0 Å². The molecule has 0 aliphatic heterocycles. The molecular formula is C17H25N3O. The van der Waals surface area contributed by atoms with Crippen LogP contribution < -0.4 is 5.32 Å². The third-order valence-corrected chi connectivity index (χ3v) is 3.71. The van der Waals surface area contributed by atoms with Crippen molar-refractivity contribution in [2.75, 3.05) is 6.61 Å². The Morgan fingerprint density at radius 1 is 1.29 bits per heavy atom. The molecule has 1 heterocycles. The molecule has 1 aromatic heterocycles. The molecule has 1 aliphatic carbocycles. The van der Waals surface area contributed by atoms with Crippen LogP contribution in [0.5, 0.6) is 0 Å². The van der Waals surface area contributed by atoms with Crippen molar-refractivity contribution in [3.05, 3.63) is 30.0 Å². The van der Waals surface area contributed by atoms with E-state index in [4.69, 9.17) is 9.84 Å². The van der Waals surface area contributed by atoms with Crippen molar-refractivity contribution in [1.82, 2.24) is 15.1 Å². The fourth-order valence-electron chi connectivity index (χ4n) is 2.46. The summed E-state index contributed by atoms with van der Waals surface area (Å²) in [5.41, 5.74) is 2.25. The van der Waals surface area contributed by atoms with Crippen molar-refractivity contribution in [1.29, 1.82) is 0 Å². The number of nitrogens with one attached hydrogen (secondary N) is 1. The molecule has 114 valence electrons. The molecular weight excluding hydrogens is 262 g/mol. The second-order valence-corrected chi connectivity index (χ2v) is 6.80. The van der Waals surface area contributed by atoms with Crippen molar-refractivity contribution in [2.45, 2.75) is 58.3 Å². The van der Waals surface area contributed by atoms with Crippen molar-refractivity contribution in [2.24, 2.45) is 0 Å². The zero-order valence-corrected chi connectivity index (χ0v) is 13.2. The summed E-state index contributed by atoms with van der Waals surface area (Å²) >= 11 is 0. The number of hydrogen-bond acceptors (Lipinski definition) is 3. The van der Waals surface area contributed by atoms with Crippen LogP contribution in [0.3, 0.4) is 0 Å². The Morgan fingerprint density at radius 2 is 2.05 bits per heavy atom. The van der Waals surface area contributed by atoms with Gasteiger partial charge >= 0.3 is 0 Å². The maximum Gasteiger partial charge on any atom is 0.0841 e. The third kappa shape index (κ3) is 3.83. The maximum atomic E-state index is 5.82. The first-order valence-corrected chi connectivity index (χ1v) is 7.85. The quantitative estimate of drug-likeness (QED) is 0.887. The van der Waals surface area contributed by atoms with Gasteiger partial charge in [0, 0.05) is 18.0 Å². The summed E-state index contributed by atoms with van der Waals surface area (Å²) in [6, 6.07) is 9.16. The molecule has 1 aliphatic rings. The van der Waals surface area contributed by atoms with Gasteiger partial charge in [-0.05, 0) is 39.7 Å². The minimum absolute atomic E-state index is 0.0979. The molecule has 0 unspecified atom stereocenters. The summed E-state index contributed by atoms with van der Waals surface area (Å²) in [5.74, 6) is 0. The molecule has 0 spiro atoms. The highest BCUT2D eigenvalue weighted by Crippen LogP contribution is 2.22. The van der Waals surface area contributed by atoms with Crippen LogP contribution in [0.1, 0.15) is 39.3 Å². The van der Waals surface area contributed by atoms with Gasteiger partial charge in [0.2, 0.25) is 0 Å². The Labute approximate surface area is 126 Å². The number of para-hydroxylation sites is 1. The average molecular weight is 287 g/mol. The first-order valence-electron chi connectivity index (χ1n) is 7.85. The lowest BCUT2D eigenvalue weighted by Gasteiger charge is -2.19. The number of ether oxygens (including phenoxy) is 1. The van der Waals surface area contributed by atoms with Crippen LogP contribution in [0.15, 0.2) is 24.3 Å². The van der Waals surface area contributed by atoms with E-state index < -0.39 is 0 Å². The van der Waals surface area contributed by atoms with Gasteiger partial charge in [-0.3, -0.25) is 4.68 Å². The molecule has 3 rings (SSSR count). The van der Waals surface area contributed by atoms with Crippen LogP contribution in [0.2, 0.25) is 0 Å². The van der Waals surface area contributed by atoms with E-state index in [0.717, 1.165) is 18.8 Å². The Hall–Kier alpha value is -1.39. The Balaban J connectivity index is 1.74. The Morgan fingerprint density at radius 3 is 2.76 bits per heavy atom. The molecule has 0 radical (unpaired) electrons. The van der Waals surface area contributed by atoms with Crippen molar-refractivity contribution in [3.63, 3.8) is 0 Å². The monoisotopic (exact) mass is 287 g/mol. The molecule has 0 amide bonds. The highest BCUT2D eigenvalue weighted by molar-refractivity contribution is 5.81. The zero-order valence-electron chi connectivity index (χ0n) is 13.2. The number of rotatable bonds is 6. The van der Waals surface area contributed by atoms with E-state index in [-0.39, 0.29) is 5.60 Å². The van der Waals surface area contributed by atoms with Crippen molar-refractivity contribution >= 4 is 10.9 Å². The van der Waals surface area contributed by atoms with Crippen molar-refractivity contribution in [3.8, 4) is 0 Å². The van der Waals surface area contributed by atoms with Crippen LogP contribution in [0.4, 0.5) is 0 Å². The molecule has 0 bridgehead atoms. The number of aromatic nitrogens is 2. The standard InChI is InChI=1S/C17H25N3O/c1-17(2,3)21-11-10-20-16-7-5-4-6-14(16)15(19-20)12-18-13-8-9-13/h4-7,13,18H,8-12H2,1-3H3. The van der Waals surface area contributed by atoms with Crippen LogP contribution in [-0.4, -0.2) is 28.0 Å². The van der Waals surface area contributed by atoms with Gasteiger partial charge < -0.3 is 10.1 Å². The van der Waals surface area contributed by atoms with Gasteiger partial charge in [0.05, 0.1) is 30.0 Å². The van der Waals surface area contributed by atoms with Crippen LogP contribution in [-0.2, 0) is 17.8 Å². The van der Waals surface area contributed by atoms with Gasteiger partial charge in [-0.15, -0.1) is 0 Å². The van der Waals surface area contributed by atoms with E-state index >= 15 is 0 Å². The van der Waals surface area contributed by atoms with Gasteiger partial charge in [-0.2, -0.15) is 5.10 Å². The minimum atomic E-state index is -0.0979. The van der Waals surface area contributed by atoms with E-state index in [9.17, 15) is 0 Å². The fourth-order valence-corrected chi connectivity index (χ4v) is 2.46. The predicted molar refractivity (Wildman–Crippen MR) is 85.3 cm³/mol. The SMILES string of the molecule is CC(C)(C)OCCn1nc(CNC2CC2)c2ccccc21. The fraction of sp³-hybridized carbons (Fsp3) is 0.588. The summed E-state index contributed by atoms with van der Waals surface area (Å²) in [7, 11) is 0. The lowest BCUT2D eigenvalue weighted by molar-refractivity contribution is -0.00752. The van der Waals surface area contributed by atoms with Crippen LogP contribution in [0.25, 0.3) is 10.9 Å². The Bertz CT molecular complexity index is 608. The number of benzene rings is 1. The van der Waals surface area contributed by atoms with Gasteiger partial charge in [-0.1, -0.05) is 18.2 Å². The van der Waals surface area contributed by atoms with E-state index in [1.54, 1.807) is 0 Å². The van der Waals surface area contributed by atoms with E-state index in [1.165, 1.54) is 23.7 Å². The smallest absolute Gasteiger partial charge is 0.0841 e. The normalized spacial score (nSPS) is 15.8. The minimum Gasteiger partial charge on any atom is -0.374 e. The summed E-state index contributed by atoms with van der Waals surface area (Å²) in [4.78, 5) is 0. The molecule has 0 saturated heterocycles. The maximum absolute atomic E-state index is 5.82. The molecule has 1 aromatic carbocycles. The second kappa shape index (κ2) is 5.78. The third-order valence-electron chi connectivity index (χ3n) is 3.71. The lowest BCUT2D eigenvalue weighted by atomic mass is 10.2. The molecule has 4 heteroatoms. The van der Waals surface area contributed by atoms with Crippen LogP contribution in [0, 0.1) is 0 Å². The summed E-state index contributed by atoms with van der Waals surface area (Å²) in [6.45, 7) is 8.59. The molecule has 1 fully saturated rings. The number of fused-ring (bicyclic) bond motifs is 1. The number of hydrogen-bond donors (Lipinski definition) is 1. The average Bonchev–Trinajstić information content (AvgIpc) is 3.19. The largest absolute Gasteiger partial charge is 0.374 e. The molecule has 1 N–H and O–H groups in total. The summed E-state index contributed by atoms with van der Waals surface area (Å²) in [6.07, 6.45) is 2.61. The zero-order chi connectivity index (χ0) is 14.9. The first-order chi connectivity index (χ1) is 10.0. The molecule has 4 nitrogen and oxygen atoms in total. The molecule has 1 saturated carbocycles. The highest BCUT2D eigenvalue weighted by Gasteiger charge is 2.21. The van der Waals surface area contributed by atoms with Gasteiger partial charge in [0.25, 0.3) is 0 Å². The van der Waals surface area contributed by atoms with Crippen LogP contribution >= 0.6 is 0 Å². The number of nitrogens with zero attached hydrogens (tertiary/aromatic N) is 2. The highest BCUT2D eigenvalue weighted by atomic mass is 16.5.